The number of esters is 1. The molecule has 13 heavy (non-hydrogen) atoms. The summed E-state index contributed by atoms with van der Waals surface area (Å²) in [5.74, 6) is -0.206. The second-order valence-corrected chi connectivity index (χ2v) is 4.13. The van der Waals surface area contributed by atoms with Crippen molar-refractivity contribution >= 4 is 5.97 Å². The topological polar surface area (TPSA) is 44.8 Å². The number of hydrogen-bond acceptors (Lipinski definition) is 4. The third-order valence-electron chi connectivity index (χ3n) is 1.70. The summed E-state index contributed by atoms with van der Waals surface area (Å²) in [6.45, 7) is 6.56. The van der Waals surface area contributed by atoms with E-state index in [0.717, 1.165) is 0 Å². The molecule has 0 radical (unpaired) electrons. The fourth-order valence-corrected chi connectivity index (χ4v) is 0.853. The molecule has 0 saturated carbocycles. The van der Waals surface area contributed by atoms with Gasteiger partial charge in [0.25, 0.3) is 0 Å². The maximum Gasteiger partial charge on any atom is 0.311 e. The third-order valence-corrected chi connectivity index (χ3v) is 1.70. The summed E-state index contributed by atoms with van der Waals surface area (Å²) in [6, 6.07) is 0. The second-order valence-electron chi connectivity index (χ2n) is 4.13. The Morgan fingerprint density at radius 1 is 1.54 bits per heavy atom. The number of hydrogen-bond donors (Lipinski definition) is 0. The Hall–Kier alpha value is -0.610. The molecular formula is C9H16O4. The molecule has 1 aliphatic rings. The Morgan fingerprint density at radius 2 is 2.23 bits per heavy atom. The minimum atomic E-state index is -0.445. The summed E-state index contributed by atoms with van der Waals surface area (Å²) in [5.41, 5.74) is -0.445. The Kier molecular flexibility index (Phi) is 3.27. The first-order valence-corrected chi connectivity index (χ1v) is 4.37. The summed E-state index contributed by atoms with van der Waals surface area (Å²) >= 11 is 0. The fraction of sp³-hybridized carbons (Fsp3) is 0.889. The first-order valence-electron chi connectivity index (χ1n) is 4.37. The Labute approximate surface area is 78.2 Å². The first kappa shape index (κ1) is 10.5. The molecule has 0 N–H and O–H groups in total. The average Bonchev–Trinajstić information content (AvgIpc) is 2.50. The largest absolute Gasteiger partial charge is 0.462 e. The Bertz CT molecular complexity index is 177. The van der Waals surface area contributed by atoms with E-state index in [-0.39, 0.29) is 18.7 Å². The van der Waals surface area contributed by atoms with E-state index in [1.165, 1.54) is 0 Å². The summed E-state index contributed by atoms with van der Waals surface area (Å²) in [6.07, 6.45) is -0.0914. The van der Waals surface area contributed by atoms with Gasteiger partial charge < -0.3 is 14.2 Å². The minimum absolute atomic E-state index is 0.0914. The van der Waals surface area contributed by atoms with Gasteiger partial charge in [-0.15, -0.1) is 0 Å². The molecule has 1 aliphatic heterocycles. The number of ether oxygens (including phenoxy) is 3. The van der Waals surface area contributed by atoms with Gasteiger partial charge in [-0.25, -0.2) is 0 Å². The molecule has 0 aromatic heterocycles. The summed E-state index contributed by atoms with van der Waals surface area (Å²) < 4.78 is 15.1. The van der Waals surface area contributed by atoms with Crippen LogP contribution in [0.2, 0.25) is 0 Å². The first-order chi connectivity index (χ1) is 6.00. The van der Waals surface area contributed by atoms with Crippen LogP contribution in [0.3, 0.4) is 0 Å². The molecule has 1 heterocycles. The molecule has 1 unspecified atom stereocenters. The van der Waals surface area contributed by atoms with Crippen molar-refractivity contribution < 1.29 is 19.0 Å². The van der Waals surface area contributed by atoms with Gasteiger partial charge in [-0.1, -0.05) is 0 Å². The van der Waals surface area contributed by atoms with Crippen LogP contribution in [0.1, 0.15) is 20.8 Å². The number of carbonyl (C=O) groups is 1. The van der Waals surface area contributed by atoms with Crippen LogP contribution >= 0.6 is 0 Å². The zero-order valence-electron chi connectivity index (χ0n) is 8.33. The van der Waals surface area contributed by atoms with Crippen LogP contribution in [0.15, 0.2) is 0 Å². The molecule has 0 bridgehead atoms. The Morgan fingerprint density at radius 3 is 2.69 bits per heavy atom. The average molecular weight is 188 g/mol. The van der Waals surface area contributed by atoms with Gasteiger partial charge in [-0.2, -0.15) is 0 Å². The SMILES string of the molecule is CC(C)(C)C(=O)OCC1COCO1. The van der Waals surface area contributed by atoms with Crippen LogP contribution in [-0.2, 0) is 19.0 Å². The van der Waals surface area contributed by atoms with Crippen molar-refractivity contribution in [3.05, 3.63) is 0 Å². The zero-order chi connectivity index (χ0) is 9.90. The lowest BCUT2D eigenvalue weighted by molar-refractivity contribution is -0.155. The molecule has 0 amide bonds. The van der Waals surface area contributed by atoms with E-state index in [2.05, 4.69) is 0 Å². The van der Waals surface area contributed by atoms with Gasteiger partial charge in [0.1, 0.15) is 19.5 Å². The monoisotopic (exact) mass is 188 g/mol. The van der Waals surface area contributed by atoms with Gasteiger partial charge in [0, 0.05) is 0 Å². The van der Waals surface area contributed by atoms with Crippen molar-refractivity contribution in [2.24, 2.45) is 5.41 Å². The van der Waals surface area contributed by atoms with E-state index >= 15 is 0 Å². The summed E-state index contributed by atoms with van der Waals surface area (Å²) in [5, 5.41) is 0. The molecular weight excluding hydrogens is 172 g/mol. The maximum absolute atomic E-state index is 11.3. The Balaban J connectivity index is 2.22. The zero-order valence-corrected chi connectivity index (χ0v) is 8.33. The highest BCUT2D eigenvalue weighted by Gasteiger charge is 2.25. The van der Waals surface area contributed by atoms with E-state index in [9.17, 15) is 4.79 Å². The van der Waals surface area contributed by atoms with Crippen LogP contribution in [0.25, 0.3) is 0 Å². The molecule has 0 aliphatic carbocycles. The van der Waals surface area contributed by atoms with E-state index in [4.69, 9.17) is 14.2 Å². The van der Waals surface area contributed by atoms with Crippen molar-refractivity contribution in [1.29, 1.82) is 0 Å². The third kappa shape index (κ3) is 3.32. The van der Waals surface area contributed by atoms with Crippen LogP contribution in [0.5, 0.6) is 0 Å². The van der Waals surface area contributed by atoms with E-state index in [1.54, 1.807) is 0 Å². The molecule has 1 fully saturated rings. The normalized spacial score (nSPS) is 23.2. The molecule has 4 nitrogen and oxygen atoms in total. The van der Waals surface area contributed by atoms with Gasteiger partial charge in [0.15, 0.2) is 0 Å². The lowest BCUT2D eigenvalue weighted by atomic mass is 9.97. The molecule has 0 spiro atoms. The van der Waals surface area contributed by atoms with Crippen LogP contribution in [0.4, 0.5) is 0 Å². The van der Waals surface area contributed by atoms with E-state index < -0.39 is 5.41 Å². The second kappa shape index (κ2) is 4.07. The highest BCUT2D eigenvalue weighted by Crippen LogP contribution is 2.15. The number of rotatable bonds is 2. The van der Waals surface area contributed by atoms with Gasteiger partial charge in [0.2, 0.25) is 0 Å². The van der Waals surface area contributed by atoms with Crippen LogP contribution in [0, 0.1) is 5.41 Å². The predicted molar refractivity (Wildman–Crippen MR) is 46.1 cm³/mol. The summed E-state index contributed by atoms with van der Waals surface area (Å²) in [7, 11) is 0. The maximum atomic E-state index is 11.3. The van der Waals surface area contributed by atoms with Crippen molar-refractivity contribution in [3.63, 3.8) is 0 Å². The van der Waals surface area contributed by atoms with Crippen molar-refractivity contribution in [1.82, 2.24) is 0 Å². The molecule has 1 atom stereocenters. The molecule has 0 aromatic carbocycles. The molecule has 0 aromatic rings. The minimum Gasteiger partial charge on any atom is -0.462 e. The predicted octanol–water partition coefficient (Wildman–Crippen LogP) is 0.949. The molecule has 4 heteroatoms. The van der Waals surface area contributed by atoms with Crippen LogP contribution < -0.4 is 0 Å². The van der Waals surface area contributed by atoms with Crippen LogP contribution in [-0.4, -0.2) is 32.1 Å². The van der Waals surface area contributed by atoms with E-state index in [1.807, 2.05) is 20.8 Å². The number of carbonyl (C=O) groups excluding carboxylic acids is 1. The fourth-order valence-electron chi connectivity index (χ4n) is 0.853. The lowest BCUT2D eigenvalue weighted by Gasteiger charge is -2.17. The smallest absolute Gasteiger partial charge is 0.311 e. The summed E-state index contributed by atoms with van der Waals surface area (Å²) in [4.78, 5) is 11.3. The quantitative estimate of drug-likeness (QED) is 0.605. The van der Waals surface area contributed by atoms with Gasteiger partial charge in [-0.05, 0) is 20.8 Å². The van der Waals surface area contributed by atoms with Gasteiger partial charge in [-0.3, -0.25) is 4.79 Å². The van der Waals surface area contributed by atoms with Gasteiger partial charge in [0.05, 0.1) is 12.0 Å². The van der Waals surface area contributed by atoms with E-state index in [0.29, 0.717) is 13.4 Å². The molecule has 76 valence electrons. The molecule has 1 rings (SSSR count). The van der Waals surface area contributed by atoms with Crippen molar-refractivity contribution in [2.45, 2.75) is 26.9 Å². The highest BCUT2D eigenvalue weighted by molar-refractivity contribution is 5.75. The molecule has 1 saturated heterocycles. The van der Waals surface area contributed by atoms with Crippen molar-refractivity contribution in [2.75, 3.05) is 20.0 Å². The standard InChI is InChI=1S/C9H16O4/c1-9(2,3)8(10)12-5-7-4-11-6-13-7/h7H,4-6H2,1-3H3. The van der Waals surface area contributed by atoms with Gasteiger partial charge >= 0.3 is 5.97 Å². The highest BCUT2D eigenvalue weighted by atomic mass is 16.7. The lowest BCUT2D eigenvalue weighted by Crippen LogP contribution is -2.28. The van der Waals surface area contributed by atoms with Crippen molar-refractivity contribution in [3.8, 4) is 0 Å².